The number of aromatic nitrogens is 2. The van der Waals surface area contributed by atoms with Gasteiger partial charge in [-0.2, -0.15) is 5.26 Å². The Balaban J connectivity index is 2.04. The Bertz CT molecular complexity index is 904. The first-order valence-corrected chi connectivity index (χ1v) is 7.55. The lowest BCUT2D eigenvalue weighted by atomic mass is 10.2. The van der Waals surface area contributed by atoms with Gasteiger partial charge < -0.3 is 4.74 Å². The first-order chi connectivity index (χ1) is 10.7. The molecule has 2 heterocycles. The number of ether oxygens (including phenoxy) is 1. The van der Waals surface area contributed by atoms with Crippen LogP contribution in [0.3, 0.4) is 0 Å². The van der Waals surface area contributed by atoms with Crippen LogP contribution in [0.2, 0.25) is 0 Å². The molecule has 0 fully saturated rings. The van der Waals surface area contributed by atoms with E-state index in [1.165, 1.54) is 22.2 Å². The number of rotatable bonds is 4. The van der Waals surface area contributed by atoms with Gasteiger partial charge in [0.25, 0.3) is 5.56 Å². The summed E-state index contributed by atoms with van der Waals surface area (Å²) in [6, 6.07) is 11.6. The summed E-state index contributed by atoms with van der Waals surface area (Å²) in [4.78, 5) is 17.7. The predicted molar refractivity (Wildman–Crippen MR) is 86.1 cm³/mol. The highest BCUT2D eigenvalue weighted by atomic mass is 32.1. The molecule has 3 rings (SSSR count). The molecular formula is C16H13N3O2S. The molecule has 0 aliphatic heterocycles. The lowest BCUT2D eigenvalue weighted by Crippen LogP contribution is -2.19. The first kappa shape index (κ1) is 14.3. The van der Waals surface area contributed by atoms with E-state index in [1.54, 1.807) is 7.11 Å². The molecule has 5 nitrogen and oxygen atoms in total. The molecule has 2 aromatic heterocycles. The van der Waals surface area contributed by atoms with Gasteiger partial charge >= 0.3 is 0 Å². The van der Waals surface area contributed by atoms with Gasteiger partial charge in [0.05, 0.1) is 31.4 Å². The quantitative estimate of drug-likeness (QED) is 0.742. The van der Waals surface area contributed by atoms with Crippen LogP contribution in [0.25, 0.3) is 20.7 Å². The Morgan fingerprint density at radius 3 is 2.82 bits per heavy atom. The van der Waals surface area contributed by atoms with Crippen molar-refractivity contribution in [2.24, 2.45) is 0 Å². The molecule has 0 saturated carbocycles. The fraction of sp³-hybridized carbons (Fsp3) is 0.188. The van der Waals surface area contributed by atoms with Gasteiger partial charge in [-0.15, -0.1) is 11.3 Å². The van der Waals surface area contributed by atoms with Gasteiger partial charge in [0.1, 0.15) is 10.4 Å². The Morgan fingerprint density at radius 1 is 1.36 bits per heavy atom. The van der Waals surface area contributed by atoms with Crippen LogP contribution < -0.4 is 10.3 Å². The van der Waals surface area contributed by atoms with Crippen molar-refractivity contribution in [3.05, 3.63) is 47.0 Å². The number of hydrogen-bond acceptors (Lipinski definition) is 5. The highest BCUT2D eigenvalue weighted by Gasteiger charge is 2.10. The molecule has 3 aromatic rings. The van der Waals surface area contributed by atoms with Crippen LogP contribution in [-0.2, 0) is 6.54 Å². The molecule has 0 bridgehead atoms. The summed E-state index contributed by atoms with van der Waals surface area (Å²) in [6.07, 6.45) is 1.80. The molecule has 22 heavy (non-hydrogen) atoms. The van der Waals surface area contributed by atoms with Crippen molar-refractivity contribution in [1.82, 2.24) is 9.55 Å². The van der Waals surface area contributed by atoms with E-state index in [9.17, 15) is 4.79 Å². The van der Waals surface area contributed by atoms with Crippen LogP contribution in [0.15, 0.2) is 41.5 Å². The zero-order valence-electron chi connectivity index (χ0n) is 11.9. The number of nitrogens with zero attached hydrogens (tertiary/aromatic N) is 3. The molecule has 0 amide bonds. The van der Waals surface area contributed by atoms with Gasteiger partial charge in [-0.3, -0.25) is 9.36 Å². The summed E-state index contributed by atoms with van der Waals surface area (Å²) in [5, 5.41) is 8.63. The molecule has 1 aromatic carbocycles. The van der Waals surface area contributed by atoms with Crippen molar-refractivity contribution in [2.75, 3.05) is 7.11 Å². The molecule has 0 unspecified atom stereocenters. The number of methoxy groups -OCH3 is 1. The standard InChI is InChI=1S/C16H13N3O2S/c1-21-12-5-3-11(4-6-12)14-9-13-15(22-14)16(20)19(10-18-13)8-2-7-17/h3-6,9-10H,2,8H2,1H3. The third kappa shape index (κ3) is 2.59. The van der Waals surface area contributed by atoms with Gasteiger partial charge in [-0.1, -0.05) is 0 Å². The third-order valence-corrected chi connectivity index (χ3v) is 4.50. The molecule has 0 saturated heterocycles. The second kappa shape index (κ2) is 6.00. The van der Waals surface area contributed by atoms with Crippen molar-refractivity contribution in [3.63, 3.8) is 0 Å². The highest BCUT2D eigenvalue weighted by Crippen LogP contribution is 2.31. The Morgan fingerprint density at radius 2 is 2.14 bits per heavy atom. The van der Waals surface area contributed by atoms with Gasteiger partial charge in [0, 0.05) is 11.4 Å². The zero-order valence-corrected chi connectivity index (χ0v) is 12.8. The summed E-state index contributed by atoms with van der Waals surface area (Å²) in [7, 11) is 1.63. The average Bonchev–Trinajstić information content (AvgIpc) is 2.99. The van der Waals surface area contributed by atoms with E-state index in [1.807, 2.05) is 36.4 Å². The van der Waals surface area contributed by atoms with Crippen LogP contribution in [0.5, 0.6) is 5.75 Å². The van der Waals surface area contributed by atoms with Crippen molar-refractivity contribution in [3.8, 4) is 22.3 Å². The second-order valence-corrected chi connectivity index (χ2v) is 5.76. The first-order valence-electron chi connectivity index (χ1n) is 6.73. The van der Waals surface area contributed by atoms with Gasteiger partial charge in [0.2, 0.25) is 0 Å². The summed E-state index contributed by atoms with van der Waals surface area (Å²) in [5.41, 5.74) is 1.62. The van der Waals surface area contributed by atoms with E-state index in [-0.39, 0.29) is 5.56 Å². The summed E-state index contributed by atoms with van der Waals surface area (Å²) in [6.45, 7) is 0.369. The van der Waals surface area contributed by atoms with Crippen molar-refractivity contribution in [1.29, 1.82) is 5.26 Å². The normalized spacial score (nSPS) is 10.5. The molecule has 0 atom stereocenters. The van der Waals surface area contributed by atoms with Crippen LogP contribution in [0, 0.1) is 11.3 Å². The van der Waals surface area contributed by atoms with Crippen LogP contribution >= 0.6 is 11.3 Å². The van der Waals surface area contributed by atoms with E-state index >= 15 is 0 Å². The maximum Gasteiger partial charge on any atom is 0.271 e. The largest absolute Gasteiger partial charge is 0.497 e. The molecule has 6 heteroatoms. The third-order valence-electron chi connectivity index (χ3n) is 3.34. The predicted octanol–water partition coefficient (Wildman–Crippen LogP) is 3.05. The summed E-state index contributed by atoms with van der Waals surface area (Å²) in [5.74, 6) is 0.793. The van der Waals surface area contributed by atoms with Crippen LogP contribution in [-0.4, -0.2) is 16.7 Å². The summed E-state index contributed by atoms with van der Waals surface area (Å²) < 4.78 is 7.25. The SMILES string of the molecule is COc1ccc(-c2cc3ncn(CCC#N)c(=O)c3s2)cc1. The fourth-order valence-corrected chi connectivity index (χ4v) is 3.24. The highest BCUT2D eigenvalue weighted by molar-refractivity contribution is 7.22. The number of thiophene rings is 1. The minimum Gasteiger partial charge on any atom is -0.497 e. The maximum absolute atomic E-state index is 12.4. The molecule has 0 aliphatic rings. The lowest BCUT2D eigenvalue weighted by Gasteiger charge is -2.00. The van der Waals surface area contributed by atoms with Crippen LogP contribution in [0.1, 0.15) is 6.42 Å². The van der Waals surface area contributed by atoms with Gasteiger partial charge in [-0.05, 0) is 35.9 Å². The molecule has 0 spiro atoms. The van der Waals surface area contributed by atoms with Crippen LogP contribution in [0.4, 0.5) is 0 Å². The number of fused-ring (bicyclic) bond motifs is 1. The van der Waals surface area contributed by atoms with Gasteiger partial charge in [0.15, 0.2) is 0 Å². The Hall–Kier alpha value is -2.65. The number of hydrogen-bond donors (Lipinski definition) is 0. The number of nitriles is 1. The van der Waals surface area contributed by atoms with Crippen molar-refractivity contribution < 1.29 is 4.74 Å². The Labute approximate surface area is 131 Å². The van der Waals surface area contributed by atoms with Crippen molar-refractivity contribution >= 4 is 21.6 Å². The minimum atomic E-state index is -0.0926. The lowest BCUT2D eigenvalue weighted by molar-refractivity contribution is 0.415. The zero-order chi connectivity index (χ0) is 15.5. The maximum atomic E-state index is 12.4. The molecule has 110 valence electrons. The molecule has 0 aliphatic carbocycles. The molecule has 0 N–H and O–H groups in total. The average molecular weight is 311 g/mol. The van der Waals surface area contributed by atoms with Gasteiger partial charge in [-0.25, -0.2) is 4.98 Å². The van der Waals surface area contributed by atoms with E-state index in [2.05, 4.69) is 4.98 Å². The molecule has 0 radical (unpaired) electrons. The second-order valence-electron chi connectivity index (χ2n) is 4.70. The number of aryl methyl sites for hydroxylation is 1. The Kier molecular flexibility index (Phi) is 3.90. The minimum absolute atomic E-state index is 0.0926. The van der Waals surface area contributed by atoms with E-state index in [4.69, 9.17) is 10.00 Å². The monoisotopic (exact) mass is 311 g/mol. The fourth-order valence-electron chi connectivity index (χ4n) is 2.17. The summed E-state index contributed by atoms with van der Waals surface area (Å²) >= 11 is 1.42. The molecular weight excluding hydrogens is 298 g/mol. The van der Waals surface area contributed by atoms with Crippen molar-refractivity contribution in [2.45, 2.75) is 13.0 Å². The van der Waals surface area contributed by atoms with E-state index in [0.29, 0.717) is 23.2 Å². The van der Waals surface area contributed by atoms with E-state index < -0.39 is 0 Å². The smallest absolute Gasteiger partial charge is 0.271 e. The number of benzene rings is 1. The van der Waals surface area contributed by atoms with E-state index in [0.717, 1.165) is 16.2 Å². The topological polar surface area (TPSA) is 67.9 Å².